The molecule has 6 heteroatoms. The third-order valence-corrected chi connectivity index (χ3v) is 6.26. The van der Waals surface area contributed by atoms with Gasteiger partial charge in [-0.2, -0.15) is 5.90 Å². The molecule has 1 heterocycles. The van der Waals surface area contributed by atoms with Crippen molar-refractivity contribution in [1.29, 1.82) is 0 Å². The van der Waals surface area contributed by atoms with E-state index in [0.717, 1.165) is 42.9 Å². The molecule has 156 valence electrons. The minimum Gasteiger partial charge on any atom is -0.488 e. The molecular weight excluding hydrogens is 474 g/mol. The van der Waals surface area contributed by atoms with E-state index >= 15 is 0 Å². The van der Waals surface area contributed by atoms with Crippen LogP contribution in [0.2, 0.25) is 0 Å². The minimum absolute atomic E-state index is 0.132. The highest BCUT2D eigenvalue weighted by molar-refractivity contribution is 9.10. The van der Waals surface area contributed by atoms with Crippen LogP contribution >= 0.6 is 27.3 Å². The molecule has 1 aromatic heterocycles. The van der Waals surface area contributed by atoms with E-state index in [1.165, 1.54) is 0 Å². The number of carbonyl (C=O) groups is 1. The van der Waals surface area contributed by atoms with Crippen molar-refractivity contribution in [1.82, 2.24) is 0 Å². The lowest BCUT2D eigenvalue weighted by molar-refractivity contribution is -0.143. The number of rotatable bonds is 7. The van der Waals surface area contributed by atoms with Gasteiger partial charge < -0.3 is 9.57 Å². The predicted molar refractivity (Wildman–Crippen MR) is 128 cm³/mol. The zero-order chi connectivity index (χ0) is 21.6. The number of thiophene rings is 1. The van der Waals surface area contributed by atoms with Gasteiger partial charge in [0.15, 0.2) is 0 Å². The van der Waals surface area contributed by atoms with E-state index in [1.54, 1.807) is 11.3 Å². The second kappa shape index (κ2) is 9.92. The summed E-state index contributed by atoms with van der Waals surface area (Å²) in [4.78, 5) is 17.0. The highest BCUT2D eigenvalue weighted by Gasteiger charge is 2.15. The van der Waals surface area contributed by atoms with Crippen LogP contribution in [0.4, 0.5) is 0 Å². The van der Waals surface area contributed by atoms with Crippen LogP contribution in [0.5, 0.6) is 5.75 Å². The van der Waals surface area contributed by atoms with Gasteiger partial charge in [-0.25, -0.2) is 0 Å². The maximum atomic E-state index is 11.6. The van der Waals surface area contributed by atoms with Gasteiger partial charge in [0.2, 0.25) is 0 Å². The third kappa shape index (κ3) is 5.22. The Morgan fingerprint density at radius 2 is 1.71 bits per heavy atom. The summed E-state index contributed by atoms with van der Waals surface area (Å²) in [5.41, 5.74) is 5.08. The first kappa shape index (κ1) is 21.3. The third-order valence-electron chi connectivity index (χ3n) is 4.80. The van der Waals surface area contributed by atoms with Crippen molar-refractivity contribution in [3.05, 3.63) is 99.8 Å². The minimum atomic E-state index is -0.466. The summed E-state index contributed by atoms with van der Waals surface area (Å²) in [5.74, 6) is 5.34. The summed E-state index contributed by atoms with van der Waals surface area (Å²) < 4.78 is 7.17. The molecule has 0 bridgehead atoms. The van der Waals surface area contributed by atoms with Gasteiger partial charge in [-0.3, -0.25) is 4.79 Å². The Morgan fingerprint density at radius 3 is 2.52 bits per heavy atom. The summed E-state index contributed by atoms with van der Waals surface area (Å²) in [7, 11) is 0. The second-order valence-corrected chi connectivity index (χ2v) is 8.78. The van der Waals surface area contributed by atoms with Gasteiger partial charge in [-0.05, 0) is 52.4 Å². The average molecular weight is 494 g/mol. The second-order valence-electron chi connectivity index (χ2n) is 6.95. The van der Waals surface area contributed by atoms with Crippen molar-refractivity contribution in [2.24, 2.45) is 5.90 Å². The molecule has 0 saturated heterocycles. The van der Waals surface area contributed by atoms with Crippen LogP contribution in [0.15, 0.2) is 88.7 Å². The number of carbonyl (C=O) groups excluding carboxylic acids is 1. The number of ether oxygens (including phenoxy) is 1. The first-order valence-electron chi connectivity index (χ1n) is 9.67. The van der Waals surface area contributed by atoms with Gasteiger partial charge in [0.05, 0.1) is 6.42 Å². The molecule has 0 atom stereocenters. The molecule has 0 aliphatic rings. The average Bonchev–Trinajstić information content (AvgIpc) is 3.29. The van der Waals surface area contributed by atoms with Crippen LogP contribution < -0.4 is 10.6 Å². The lowest BCUT2D eigenvalue weighted by Crippen LogP contribution is -2.12. The molecule has 4 rings (SSSR count). The normalized spacial score (nSPS) is 10.6. The van der Waals surface area contributed by atoms with Crippen LogP contribution in [-0.2, 0) is 22.7 Å². The standard InChI is InChI=1S/C25H20BrNO3S/c26-20-9-10-23(29-16-17-5-2-1-3-6-17)22(15-20)21-11-12-31-25(21)19-8-4-7-18(13-19)14-24(28)30-27/h1-13,15H,14,16,27H2. The van der Waals surface area contributed by atoms with E-state index in [0.29, 0.717) is 6.61 Å². The van der Waals surface area contributed by atoms with Crippen molar-refractivity contribution in [2.45, 2.75) is 13.0 Å². The number of benzene rings is 3. The summed E-state index contributed by atoms with van der Waals surface area (Å²) in [6.45, 7) is 0.492. The summed E-state index contributed by atoms with van der Waals surface area (Å²) in [5, 5.41) is 2.06. The Bertz CT molecular complexity index is 1190. The molecular formula is C25H20BrNO3S. The molecule has 0 saturated carbocycles. The van der Waals surface area contributed by atoms with Crippen molar-refractivity contribution < 1.29 is 14.4 Å². The molecule has 2 N–H and O–H groups in total. The Balaban J connectivity index is 1.68. The van der Waals surface area contributed by atoms with Crippen LogP contribution in [0.25, 0.3) is 21.6 Å². The van der Waals surface area contributed by atoms with Crippen molar-refractivity contribution in [2.75, 3.05) is 0 Å². The number of hydrogen-bond acceptors (Lipinski definition) is 5. The molecule has 3 aromatic carbocycles. The molecule has 4 nitrogen and oxygen atoms in total. The lowest BCUT2D eigenvalue weighted by Gasteiger charge is -2.14. The van der Waals surface area contributed by atoms with Gasteiger partial charge in [0.25, 0.3) is 0 Å². The van der Waals surface area contributed by atoms with Crippen molar-refractivity contribution >= 4 is 33.2 Å². The molecule has 0 spiro atoms. The van der Waals surface area contributed by atoms with Crippen LogP contribution in [0.3, 0.4) is 0 Å². The first-order valence-corrected chi connectivity index (χ1v) is 11.3. The Labute approximate surface area is 193 Å². The summed E-state index contributed by atoms with van der Waals surface area (Å²) in [6, 6.07) is 26.1. The first-order chi connectivity index (χ1) is 15.1. The van der Waals surface area contributed by atoms with E-state index in [9.17, 15) is 4.79 Å². The lowest BCUT2D eigenvalue weighted by atomic mass is 10.00. The van der Waals surface area contributed by atoms with Crippen molar-refractivity contribution in [3.63, 3.8) is 0 Å². The zero-order valence-electron chi connectivity index (χ0n) is 16.6. The number of nitrogens with two attached hydrogens (primary N) is 1. The Kier molecular flexibility index (Phi) is 6.82. The fraction of sp³-hybridized carbons (Fsp3) is 0.0800. The molecule has 0 unspecified atom stereocenters. The predicted octanol–water partition coefficient (Wildman–Crippen LogP) is 6.38. The maximum absolute atomic E-state index is 11.6. The molecule has 31 heavy (non-hydrogen) atoms. The fourth-order valence-corrected chi connectivity index (χ4v) is 4.62. The van der Waals surface area contributed by atoms with E-state index in [-0.39, 0.29) is 6.42 Å². The number of halogens is 1. The van der Waals surface area contributed by atoms with Crippen LogP contribution in [0.1, 0.15) is 11.1 Å². The Hall–Kier alpha value is -2.93. The maximum Gasteiger partial charge on any atom is 0.328 e. The SMILES string of the molecule is NOC(=O)Cc1cccc(-c2sccc2-c2cc(Br)ccc2OCc2ccccc2)c1. The smallest absolute Gasteiger partial charge is 0.328 e. The van der Waals surface area contributed by atoms with Crippen LogP contribution in [-0.4, -0.2) is 5.97 Å². The molecule has 4 aromatic rings. The highest BCUT2D eigenvalue weighted by Crippen LogP contribution is 2.42. The number of hydrogen-bond donors (Lipinski definition) is 1. The van der Waals surface area contributed by atoms with E-state index < -0.39 is 5.97 Å². The topological polar surface area (TPSA) is 61.5 Å². The molecule has 0 aliphatic carbocycles. The van der Waals surface area contributed by atoms with Gasteiger partial charge in [0, 0.05) is 20.5 Å². The molecule has 0 radical (unpaired) electrons. The van der Waals surface area contributed by atoms with Gasteiger partial charge in [-0.1, -0.05) is 64.5 Å². The van der Waals surface area contributed by atoms with E-state index in [1.807, 2.05) is 66.7 Å². The van der Waals surface area contributed by atoms with Crippen molar-refractivity contribution in [3.8, 4) is 27.3 Å². The largest absolute Gasteiger partial charge is 0.488 e. The Morgan fingerprint density at radius 1 is 0.903 bits per heavy atom. The van der Waals surface area contributed by atoms with Gasteiger partial charge in [-0.15, -0.1) is 11.3 Å². The monoisotopic (exact) mass is 493 g/mol. The van der Waals surface area contributed by atoms with E-state index in [2.05, 4.69) is 38.3 Å². The molecule has 0 fully saturated rings. The summed E-state index contributed by atoms with van der Waals surface area (Å²) >= 11 is 5.24. The highest BCUT2D eigenvalue weighted by atomic mass is 79.9. The quantitative estimate of drug-likeness (QED) is 0.303. The van der Waals surface area contributed by atoms with E-state index in [4.69, 9.17) is 10.6 Å². The zero-order valence-corrected chi connectivity index (χ0v) is 19.0. The fourth-order valence-electron chi connectivity index (χ4n) is 3.35. The molecule has 0 aliphatic heterocycles. The van der Waals surface area contributed by atoms with Crippen LogP contribution in [0, 0.1) is 0 Å². The van der Waals surface area contributed by atoms with Gasteiger partial charge >= 0.3 is 5.97 Å². The molecule has 0 amide bonds. The summed E-state index contributed by atoms with van der Waals surface area (Å²) in [6.07, 6.45) is 0.132. The van der Waals surface area contributed by atoms with Gasteiger partial charge in [0.1, 0.15) is 12.4 Å².